The number of carboxylic acids is 1. The van der Waals surface area contributed by atoms with E-state index in [0.717, 1.165) is 12.3 Å². The summed E-state index contributed by atoms with van der Waals surface area (Å²) in [6.45, 7) is -0.269. The number of aromatic nitrogens is 1. The molecule has 0 saturated heterocycles. The molecule has 1 rings (SSSR count). The molecule has 6 nitrogen and oxygen atoms in total. The average Bonchev–Trinajstić information content (AvgIpc) is 2.37. The van der Waals surface area contributed by atoms with Crippen molar-refractivity contribution in [2.24, 2.45) is 0 Å². The molecular formula is C11H11F3N2O4. The van der Waals surface area contributed by atoms with E-state index in [-0.39, 0.29) is 12.2 Å². The number of aliphatic carboxylic acids is 1. The molecule has 1 unspecified atom stereocenters. The topological polar surface area (TPSA) is 88.5 Å². The SMILES string of the molecule is COCC(NC(=O)c1ccc(C(F)(F)F)nc1)C(=O)O. The fourth-order valence-electron chi connectivity index (χ4n) is 1.28. The van der Waals surface area contributed by atoms with Crippen molar-refractivity contribution in [3.05, 3.63) is 29.6 Å². The van der Waals surface area contributed by atoms with Crippen molar-refractivity contribution in [3.8, 4) is 0 Å². The van der Waals surface area contributed by atoms with Crippen LogP contribution in [0.15, 0.2) is 18.3 Å². The summed E-state index contributed by atoms with van der Waals surface area (Å²) in [6.07, 6.45) is -3.88. The van der Waals surface area contributed by atoms with E-state index in [1.54, 1.807) is 0 Å². The van der Waals surface area contributed by atoms with Gasteiger partial charge in [0, 0.05) is 13.3 Å². The number of hydrogen-bond acceptors (Lipinski definition) is 4. The predicted molar refractivity (Wildman–Crippen MR) is 60.0 cm³/mol. The highest BCUT2D eigenvalue weighted by molar-refractivity contribution is 5.96. The second kappa shape index (κ2) is 6.33. The van der Waals surface area contributed by atoms with E-state index in [9.17, 15) is 22.8 Å². The number of hydrogen-bond donors (Lipinski definition) is 2. The Morgan fingerprint density at radius 1 is 1.45 bits per heavy atom. The van der Waals surface area contributed by atoms with Gasteiger partial charge in [-0.3, -0.25) is 9.78 Å². The van der Waals surface area contributed by atoms with Gasteiger partial charge < -0.3 is 15.2 Å². The van der Waals surface area contributed by atoms with Gasteiger partial charge >= 0.3 is 12.1 Å². The number of carbonyl (C=O) groups excluding carboxylic acids is 1. The molecule has 1 aromatic rings. The Morgan fingerprint density at radius 2 is 2.10 bits per heavy atom. The van der Waals surface area contributed by atoms with Gasteiger partial charge in [0.25, 0.3) is 5.91 Å². The molecule has 2 N–H and O–H groups in total. The van der Waals surface area contributed by atoms with E-state index in [1.165, 1.54) is 7.11 Å². The summed E-state index contributed by atoms with van der Waals surface area (Å²) in [4.78, 5) is 25.5. The maximum atomic E-state index is 12.3. The van der Waals surface area contributed by atoms with Gasteiger partial charge in [-0.25, -0.2) is 4.79 Å². The monoisotopic (exact) mass is 292 g/mol. The van der Waals surface area contributed by atoms with Gasteiger partial charge in [0.2, 0.25) is 0 Å². The van der Waals surface area contributed by atoms with Crippen LogP contribution in [0.2, 0.25) is 0 Å². The number of ether oxygens (including phenoxy) is 1. The van der Waals surface area contributed by atoms with Crippen LogP contribution in [0.25, 0.3) is 0 Å². The van der Waals surface area contributed by atoms with Crippen LogP contribution in [0.4, 0.5) is 13.2 Å². The molecule has 110 valence electrons. The number of rotatable bonds is 5. The number of halogens is 3. The molecule has 1 amide bonds. The Morgan fingerprint density at radius 3 is 2.50 bits per heavy atom. The number of alkyl halides is 3. The Labute approximate surface area is 111 Å². The van der Waals surface area contributed by atoms with Gasteiger partial charge in [-0.2, -0.15) is 13.2 Å². The summed E-state index contributed by atoms with van der Waals surface area (Å²) in [7, 11) is 1.25. The van der Waals surface area contributed by atoms with Crippen molar-refractivity contribution in [2.75, 3.05) is 13.7 Å². The highest BCUT2D eigenvalue weighted by atomic mass is 19.4. The summed E-state index contributed by atoms with van der Waals surface area (Å²) >= 11 is 0. The van der Waals surface area contributed by atoms with Crippen LogP contribution < -0.4 is 5.32 Å². The minimum atomic E-state index is -4.60. The molecule has 0 aromatic carbocycles. The van der Waals surface area contributed by atoms with Gasteiger partial charge in [0.05, 0.1) is 12.2 Å². The van der Waals surface area contributed by atoms with Crippen molar-refractivity contribution in [2.45, 2.75) is 12.2 Å². The Bertz CT molecular complexity index is 487. The quantitative estimate of drug-likeness (QED) is 0.843. The van der Waals surface area contributed by atoms with Gasteiger partial charge in [-0.05, 0) is 12.1 Å². The number of nitrogens with zero attached hydrogens (tertiary/aromatic N) is 1. The molecule has 0 aliphatic heterocycles. The fourth-order valence-corrected chi connectivity index (χ4v) is 1.28. The largest absolute Gasteiger partial charge is 0.480 e. The molecule has 20 heavy (non-hydrogen) atoms. The van der Waals surface area contributed by atoms with E-state index < -0.39 is 29.8 Å². The van der Waals surface area contributed by atoms with E-state index >= 15 is 0 Å². The van der Waals surface area contributed by atoms with Gasteiger partial charge in [0.1, 0.15) is 5.69 Å². The Hall–Kier alpha value is -2.16. The van der Waals surface area contributed by atoms with Crippen LogP contribution in [-0.2, 0) is 15.7 Å². The summed E-state index contributed by atoms with van der Waals surface area (Å²) in [5.41, 5.74) is -1.32. The highest BCUT2D eigenvalue weighted by Crippen LogP contribution is 2.27. The summed E-state index contributed by atoms with van der Waals surface area (Å²) in [6, 6.07) is 0.257. The second-order valence-corrected chi connectivity index (χ2v) is 3.75. The van der Waals surface area contributed by atoms with Crippen molar-refractivity contribution in [3.63, 3.8) is 0 Å². The maximum Gasteiger partial charge on any atom is 0.433 e. The number of nitrogens with one attached hydrogen (secondary N) is 1. The van der Waals surface area contributed by atoms with Crippen molar-refractivity contribution in [1.82, 2.24) is 10.3 Å². The number of carbonyl (C=O) groups is 2. The lowest BCUT2D eigenvalue weighted by atomic mass is 10.2. The lowest BCUT2D eigenvalue weighted by Crippen LogP contribution is -2.43. The highest BCUT2D eigenvalue weighted by Gasteiger charge is 2.32. The first kappa shape index (κ1) is 15.9. The van der Waals surface area contributed by atoms with Gasteiger partial charge in [0.15, 0.2) is 6.04 Å². The zero-order valence-corrected chi connectivity index (χ0v) is 10.3. The first-order chi connectivity index (χ1) is 9.25. The molecule has 1 atom stereocenters. The summed E-state index contributed by atoms with van der Waals surface area (Å²) in [5.74, 6) is -2.17. The molecule has 0 fully saturated rings. The molecule has 9 heteroatoms. The molecule has 0 radical (unpaired) electrons. The molecule has 0 aliphatic carbocycles. The van der Waals surface area contributed by atoms with Crippen LogP contribution in [0.1, 0.15) is 16.1 Å². The number of carboxylic acid groups (broad SMARTS) is 1. The summed E-state index contributed by atoms with van der Waals surface area (Å²) < 4.78 is 41.4. The molecule has 0 aliphatic rings. The Kier molecular flexibility index (Phi) is 5.03. The molecule has 0 spiro atoms. The van der Waals surface area contributed by atoms with Gasteiger partial charge in [-0.15, -0.1) is 0 Å². The average molecular weight is 292 g/mol. The zero-order valence-electron chi connectivity index (χ0n) is 10.3. The minimum absolute atomic E-state index is 0.180. The number of methoxy groups -OCH3 is 1. The minimum Gasteiger partial charge on any atom is -0.480 e. The second-order valence-electron chi connectivity index (χ2n) is 3.75. The third-order valence-corrected chi connectivity index (χ3v) is 2.25. The van der Waals surface area contributed by atoms with Crippen LogP contribution in [0.5, 0.6) is 0 Å². The predicted octanol–water partition coefficient (Wildman–Crippen LogP) is 0.930. The van der Waals surface area contributed by atoms with E-state index in [0.29, 0.717) is 6.07 Å². The lowest BCUT2D eigenvalue weighted by Gasteiger charge is -2.13. The van der Waals surface area contributed by atoms with Crippen LogP contribution in [0.3, 0.4) is 0 Å². The zero-order chi connectivity index (χ0) is 15.3. The third-order valence-electron chi connectivity index (χ3n) is 2.25. The lowest BCUT2D eigenvalue weighted by molar-refractivity contribution is -0.141. The van der Waals surface area contributed by atoms with Gasteiger partial charge in [-0.1, -0.05) is 0 Å². The normalized spacial score (nSPS) is 12.8. The first-order valence-electron chi connectivity index (χ1n) is 5.31. The van der Waals surface area contributed by atoms with Crippen LogP contribution >= 0.6 is 0 Å². The summed E-state index contributed by atoms with van der Waals surface area (Å²) in [5, 5.41) is 10.9. The van der Waals surface area contributed by atoms with Crippen LogP contribution in [0, 0.1) is 0 Å². The third kappa shape index (κ3) is 4.19. The molecule has 0 bridgehead atoms. The Balaban J connectivity index is 2.80. The van der Waals surface area contributed by atoms with E-state index in [4.69, 9.17) is 5.11 Å². The molecule has 0 saturated carbocycles. The van der Waals surface area contributed by atoms with E-state index in [1.807, 2.05) is 0 Å². The molecule has 1 aromatic heterocycles. The van der Waals surface area contributed by atoms with Crippen molar-refractivity contribution < 1.29 is 32.6 Å². The van der Waals surface area contributed by atoms with E-state index in [2.05, 4.69) is 15.0 Å². The standard InChI is InChI=1S/C11H11F3N2O4/c1-20-5-7(10(18)19)16-9(17)6-2-3-8(15-4-6)11(12,13)14/h2-4,7H,5H2,1H3,(H,16,17)(H,18,19). The fraction of sp³-hybridized carbons (Fsp3) is 0.364. The number of pyridine rings is 1. The number of amides is 1. The van der Waals surface area contributed by atoms with Crippen molar-refractivity contribution >= 4 is 11.9 Å². The first-order valence-corrected chi connectivity index (χ1v) is 5.31. The maximum absolute atomic E-state index is 12.3. The van der Waals surface area contributed by atoms with Crippen LogP contribution in [-0.4, -0.2) is 41.7 Å². The smallest absolute Gasteiger partial charge is 0.433 e. The molecular weight excluding hydrogens is 281 g/mol. The molecule has 1 heterocycles. The van der Waals surface area contributed by atoms with Crippen molar-refractivity contribution in [1.29, 1.82) is 0 Å².